The van der Waals surface area contributed by atoms with Crippen LogP contribution in [0.1, 0.15) is 40.7 Å². The van der Waals surface area contributed by atoms with Crippen LogP contribution >= 0.6 is 0 Å². The van der Waals surface area contributed by atoms with Gasteiger partial charge in [0.25, 0.3) is 0 Å². The van der Waals surface area contributed by atoms with Crippen LogP contribution in [-0.4, -0.2) is 35.6 Å². The number of carbonyl (C=O) groups is 1. The van der Waals surface area contributed by atoms with Gasteiger partial charge in [0, 0.05) is 18.0 Å². The highest BCUT2D eigenvalue weighted by atomic mass is 16.5. The Bertz CT molecular complexity index is 1100. The molecule has 2 atom stereocenters. The van der Waals surface area contributed by atoms with Crippen molar-refractivity contribution in [3.63, 3.8) is 0 Å². The Kier molecular flexibility index (Phi) is 6.55. The number of ether oxygens (including phenoxy) is 1. The summed E-state index contributed by atoms with van der Waals surface area (Å²) in [5, 5.41) is 23.3. The lowest BCUT2D eigenvalue weighted by Crippen LogP contribution is -2.30. The van der Waals surface area contributed by atoms with Gasteiger partial charge >= 0.3 is 6.09 Å². The highest BCUT2D eigenvalue weighted by molar-refractivity contribution is 5.79. The fourth-order valence-corrected chi connectivity index (χ4v) is 4.16. The first-order valence-electron chi connectivity index (χ1n) is 10.6. The van der Waals surface area contributed by atoms with E-state index in [2.05, 4.69) is 35.5 Å². The predicted molar refractivity (Wildman–Crippen MR) is 123 cm³/mol. The molecule has 1 aliphatic rings. The second-order valence-electron chi connectivity index (χ2n) is 7.82. The first-order valence-corrected chi connectivity index (χ1v) is 10.6. The fraction of sp³-hybridized carbons (Fsp3) is 0.222. The van der Waals surface area contributed by atoms with Crippen LogP contribution < -0.4 is 5.32 Å². The van der Waals surface area contributed by atoms with Gasteiger partial charge in [0.2, 0.25) is 0 Å². The Labute approximate surface area is 187 Å². The average Bonchev–Trinajstić information content (AvgIpc) is 3.16. The van der Waals surface area contributed by atoms with Gasteiger partial charge < -0.3 is 20.3 Å². The molecule has 3 aromatic rings. The largest absolute Gasteiger partial charge is 0.449 e. The normalized spacial score (nSPS) is 14.0. The van der Waals surface area contributed by atoms with Crippen LogP contribution in [0.15, 0.2) is 72.8 Å². The summed E-state index contributed by atoms with van der Waals surface area (Å²) in [6, 6.07) is 23.1. The fourth-order valence-electron chi connectivity index (χ4n) is 4.16. The van der Waals surface area contributed by atoms with E-state index in [0.29, 0.717) is 11.1 Å². The number of hydrogen-bond donors (Lipinski definition) is 3. The maximum absolute atomic E-state index is 12.2. The third kappa shape index (κ3) is 4.52. The van der Waals surface area contributed by atoms with Crippen molar-refractivity contribution in [1.29, 1.82) is 0 Å². The Morgan fingerprint density at radius 2 is 1.66 bits per heavy atom. The summed E-state index contributed by atoms with van der Waals surface area (Å²) >= 11 is 0. The third-order valence-corrected chi connectivity index (χ3v) is 5.81. The van der Waals surface area contributed by atoms with Gasteiger partial charge in [-0.15, -0.1) is 6.42 Å². The minimum atomic E-state index is -1.09. The van der Waals surface area contributed by atoms with Gasteiger partial charge in [-0.1, -0.05) is 66.6 Å². The lowest BCUT2D eigenvalue weighted by Gasteiger charge is -2.19. The number of hydrogen-bond acceptors (Lipinski definition) is 4. The Morgan fingerprint density at radius 1 is 1.00 bits per heavy atom. The molecule has 0 saturated heterocycles. The number of aliphatic hydroxyl groups excluding tert-OH is 2. The summed E-state index contributed by atoms with van der Waals surface area (Å²) in [4.78, 5) is 12.2. The van der Waals surface area contributed by atoms with E-state index >= 15 is 0 Å². The van der Waals surface area contributed by atoms with E-state index in [1.807, 2.05) is 24.3 Å². The van der Waals surface area contributed by atoms with E-state index in [-0.39, 0.29) is 25.5 Å². The zero-order valence-corrected chi connectivity index (χ0v) is 17.6. The van der Waals surface area contributed by atoms with Gasteiger partial charge in [-0.3, -0.25) is 0 Å². The minimum absolute atomic E-state index is 0.0102. The van der Waals surface area contributed by atoms with Gasteiger partial charge in [0.05, 0.1) is 6.10 Å². The maximum atomic E-state index is 12.2. The van der Waals surface area contributed by atoms with Crippen molar-refractivity contribution < 1.29 is 19.7 Å². The first kappa shape index (κ1) is 21.6. The molecule has 0 heterocycles. The predicted octanol–water partition coefficient (Wildman–Crippen LogP) is 3.99. The van der Waals surface area contributed by atoms with E-state index in [9.17, 15) is 15.0 Å². The number of nitrogens with one attached hydrogen (secondary N) is 1. The highest BCUT2D eigenvalue weighted by Crippen LogP contribution is 2.44. The molecule has 5 nitrogen and oxygen atoms in total. The second kappa shape index (κ2) is 9.69. The lowest BCUT2D eigenvalue weighted by molar-refractivity contribution is 0.0136. The van der Waals surface area contributed by atoms with Crippen molar-refractivity contribution in [1.82, 2.24) is 5.32 Å². The molecule has 0 bridgehead atoms. The van der Waals surface area contributed by atoms with Crippen molar-refractivity contribution >= 4 is 6.09 Å². The summed E-state index contributed by atoms with van der Waals surface area (Å²) in [5.41, 5.74) is 5.80. The molecule has 32 heavy (non-hydrogen) atoms. The molecule has 0 aliphatic heterocycles. The molecule has 3 aromatic carbocycles. The lowest BCUT2D eigenvalue weighted by atomic mass is 9.98. The monoisotopic (exact) mass is 427 g/mol. The van der Waals surface area contributed by atoms with Crippen molar-refractivity contribution in [3.8, 4) is 23.5 Å². The summed E-state index contributed by atoms with van der Waals surface area (Å²) in [5.74, 6) is 2.49. The molecule has 1 aliphatic carbocycles. The van der Waals surface area contributed by atoms with Crippen LogP contribution in [0.5, 0.6) is 0 Å². The summed E-state index contributed by atoms with van der Waals surface area (Å²) in [6.45, 7) is 0.396. The Hall–Kier alpha value is -3.59. The molecule has 0 spiro atoms. The topological polar surface area (TPSA) is 78.8 Å². The molecule has 0 fully saturated rings. The van der Waals surface area contributed by atoms with Crippen LogP contribution in [0.25, 0.3) is 11.1 Å². The van der Waals surface area contributed by atoms with Crippen LogP contribution in [0, 0.1) is 12.3 Å². The number of terminal acetylenes is 1. The molecule has 162 valence electrons. The maximum Gasteiger partial charge on any atom is 0.407 e. The average molecular weight is 428 g/mol. The molecule has 5 heteroatoms. The summed E-state index contributed by atoms with van der Waals surface area (Å²) in [6.07, 6.45) is 2.86. The van der Waals surface area contributed by atoms with Gasteiger partial charge in [-0.2, -0.15) is 0 Å². The van der Waals surface area contributed by atoms with Gasteiger partial charge in [-0.05, 0) is 46.4 Å². The number of alkyl carbamates (subject to hydrolysis) is 1. The zero-order valence-electron chi connectivity index (χ0n) is 17.6. The standard InChI is InChI=1S/C27H25NO4/c1-2-18-8-7-9-19(16-18)26(30)25(29)14-15-28-27(31)32-17-24-22-12-5-3-10-20(22)21-11-4-6-13-23(21)24/h1,3-13,16,24-26,29-30H,14-15,17H2,(H,28,31). The number of benzene rings is 3. The molecular weight excluding hydrogens is 402 g/mol. The van der Waals surface area contributed by atoms with Crippen molar-refractivity contribution in [3.05, 3.63) is 95.1 Å². The summed E-state index contributed by atoms with van der Waals surface area (Å²) in [7, 11) is 0. The zero-order chi connectivity index (χ0) is 22.5. The third-order valence-electron chi connectivity index (χ3n) is 5.81. The molecule has 1 amide bonds. The number of amides is 1. The molecular formula is C27H25NO4. The number of fused-ring (bicyclic) bond motifs is 3. The van der Waals surface area contributed by atoms with Crippen molar-refractivity contribution in [2.45, 2.75) is 24.5 Å². The minimum Gasteiger partial charge on any atom is -0.449 e. The van der Waals surface area contributed by atoms with Crippen LogP contribution in [0.4, 0.5) is 4.79 Å². The van der Waals surface area contributed by atoms with Crippen molar-refractivity contribution in [2.75, 3.05) is 13.2 Å². The molecule has 0 radical (unpaired) electrons. The molecule has 2 unspecified atom stereocenters. The van der Waals surface area contributed by atoms with Gasteiger partial charge in [-0.25, -0.2) is 4.79 Å². The van der Waals surface area contributed by atoms with Crippen molar-refractivity contribution in [2.24, 2.45) is 0 Å². The number of carbonyl (C=O) groups excluding carboxylic acids is 1. The van der Waals surface area contributed by atoms with E-state index in [1.165, 1.54) is 11.1 Å². The number of aliphatic hydroxyl groups is 2. The number of rotatable bonds is 7. The second-order valence-corrected chi connectivity index (χ2v) is 7.82. The Morgan fingerprint density at radius 3 is 2.31 bits per heavy atom. The quantitative estimate of drug-likeness (QED) is 0.498. The smallest absolute Gasteiger partial charge is 0.407 e. The molecule has 3 N–H and O–H groups in total. The van der Waals surface area contributed by atoms with Crippen LogP contribution in [0.2, 0.25) is 0 Å². The first-order chi connectivity index (χ1) is 15.6. The molecule has 0 aromatic heterocycles. The molecule has 0 saturated carbocycles. The van der Waals surface area contributed by atoms with Gasteiger partial charge in [0.1, 0.15) is 12.7 Å². The highest BCUT2D eigenvalue weighted by Gasteiger charge is 2.29. The van der Waals surface area contributed by atoms with Crippen LogP contribution in [-0.2, 0) is 4.74 Å². The SMILES string of the molecule is C#Cc1cccc(C(O)C(O)CCNC(=O)OCC2c3ccccc3-c3ccccc32)c1. The van der Waals surface area contributed by atoms with Gasteiger partial charge in [0.15, 0.2) is 0 Å². The van der Waals surface area contributed by atoms with Crippen LogP contribution in [0.3, 0.4) is 0 Å². The van der Waals surface area contributed by atoms with E-state index < -0.39 is 18.3 Å². The molecule has 4 rings (SSSR count). The summed E-state index contributed by atoms with van der Waals surface area (Å²) < 4.78 is 5.48. The van der Waals surface area contributed by atoms with E-state index in [1.54, 1.807) is 24.3 Å². The Balaban J connectivity index is 1.28. The van der Waals surface area contributed by atoms with E-state index in [0.717, 1.165) is 11.1 Å². The van der Waals surface area contributed by atoms with E-state index in [4.69, 9.17) is 11.2 Å².